The minimum Gasteiger partial charge on any atom is -0.444 e. The van der Waals surface area contributed by atoms with Crippen molar-refractivity contribution < 1.29 is 4.42 Å². The summed E-state index contributed by atoms with van der Waals surface area (Å²) in [6, 6.07) is 13.7. The fraction of sp³-hybridized carbons (Fsp3) is 0.111. The summed E-state index contributed by atoms with van der Waals surface area (Å²) in [5, 5.41) is 9.37. The van der Waals surface area contributed by atoms with Crippen molar-refractivity contribution >= 4 is 11.8 Å². The highest BCUT2D eigenvalue weighted by Crippen LogP contribution is 2.26. The van der Waals surface area contributed by atoms with E-state index in [1.165, 1.54) is 0 Å². The first-order valence-corrected chi connectivity index (χ1v) is 8.72. The highest BCUT2D eigenvalue weighted by atomic mass is 32.2. The summed E-state index contributed by atoms with van der Waals surface area (Å²) < 4.78 is 7.54. The predicted octanol–water partition coefficient (Wildman–Crippen LogP) is 3.82. The number of hydrogen-bond acceptors (Lipinski definition) is 6. The van der Waals surface area contributed by atoms with Crippen LogP contribution in [0.2, 0.25) is 0 Å². The summed E-state index contributed by atoms with van der Waals surface area (Å²) in [7, 11) is 1.95. The summed E-state index contributed by atoms with van der Waals surface area (Å²) in [4.78, 5) is 8.57. The number of hydrogen-bond donors (Lipinski definition) is 0. The van der Waals surface area contributed by atoms with Crippen LogP contribution in [0.1, 0.15) is 5.69 Å². The number of thioether (sulfide) groups is 1. The van der Waals surface area contributed by atoms with E-state index in [4.69, 9.17) is 4.42 Å². The Morgan fingerprint density at radius 2 is 1.80 bits per heavy atom. The Balaban J connectivity index is 1.48. The molecule has 7 heteroatoms. The number of pyridine rings is 1. The summed E-state index contributed by atoms with van der Waals surface area (Å²) >= 11 is 1.58. The lowest BCUT2D eigenvalue weighted by atomic mass is 10.2. The van der Waals surface area contributed by atoms with E-state index in [0.29, 0.717) is 11.6 Å². The van der Waals surface area contributed by atoms with Crippen LogP contribution < -0.4 is 0 Å². The van der Waals surface area contributed by atoms with Gasteiger partial charge in [0.15, 0.2) is 11.0 Å². The summed E-state index contributed by atoms with van der Waals surface area (Å²) in [6.07, 6.45) is 5.18. The van der Waals surface area contributed by atoms with Crippen LogP contribution in [0.5, 0.6) is 0 Å². The van der Waals surface area contributed by atoms with Gasteiger partial charge in [0, 0.05) is 36.3 Å². The van der Waals surface area contributed by atoms with Gasteiger partial charge in [-0.25, -0.2) is 4.98 Å². The molecular formula is C18H15N5OS. The molecule has 124 valence electrons. The second-order valence-electron chi connectivity index (χ2n) is 5.40. The smallest absolute Gasteiger partial charge is 0.226 e. The van der Waals surface area contributed by atoms with Gasteiger partial charge in [-0.3, -0.25) is 4.98 Å². The van der Waals surface area contributed by atoms with E-state index in [0.717, 1.165) is 27.8 Å². The zero-order chi connectivity index (χ0) is 17.1. The van der Waals surface area contributed by atoms with E-state index < -0.39 is 0 Å². The molecule has 0 aliphatic rings. The second kappa shape index (κ2) is 6.90. The normalized spacial score (nSPS) is 10.9. The van der Waals surface area contributed by atoms with Crippen molar-refractivity contribution in [3.8, 4) is 22.8 Å². The minimum atomic E-state index is 0.631. The van der Waals surface area contributed by atoms with Crippen LogP contribution in [0.25, 0.3) is 22.8 Å². The highest BCUT2D eigenvalue weighted by Gasteiger charge is 2.13. The SMILES string of the molecule is Cn1c(SCc2coc(-c3ccccc3)n2)nnc1-c1ccncc1. The van der Waals surface area contributed by atoms with Crippen molar-refractivity contribution in [3.63, 3.8) is 0 Å². The van der Waals surface area contributed by atoms with Crippen molar-refractivity contribution in [2.24, 2.45) is 7.05 Å². The fourth-order valence-electron chi connectivity index (χ4n) is 2.42. The summed E-state index contributed by atoms with van der Waals surface area (Å²) in [5.74, 6) is 2.11. The van der Waals surface area contributed by atoms with Crippen LogP contribution in [0.15, 0.2) is 70.7 Å². The Kier molecular flexibility index (Phi) is 4.30. The van der Waals surface area contributed by atoms with Gasteiger partial charge in [-0.05, 0) is 24.3 Å². The Morgan fingerprint density at radius 3 is 2.60 bits per heavy atom. The van der Waals surface area contributed by atoms with Gasteiger partial charge in [-0.15, -0.1) is 10.2 Å². The molecule has 3 aromatic heterocycles. The lowest BCUT2D eigenvalue weighted by Gasteiger charge is -2.02. The average Bonchev–Trinajstić information content (AvgIpc) is 3.28. The molecule has 1 aromatic carbocycles. The molecule has 4 aromatic rings. The molecule has 6 nitrogen and oxygen atoms in total. The van der Waals surface area contributed by atoms with Gasteiger partial charge in [0.25, 0.3) is 0 Å². The lowest BCUT2D eigenvalue weighted by Crippen LogP contribution is -1.95. The zero-order valence-electron chi connectivity index (χ0n) is 13.5. The predicted molar refractivity (Wildman–Crippen MR) is 95.7 cm³/mol. The molecule has 0 aliphatic heterocycles. The maximum Gasteiger partial charge on any atom is 0.226 e. The Bertz CT molecular complexity index is 966. The fourth-order valence-corrected chi connectivity index (χ4v) is 3.21. The third-order valence-corrected chi connectivity index (χ3v) is 4.75. The molecule has 0 unspecified atom stereocenters. The molecule has 0 amide bonds. The minimum absolute atomic E-state index is 0.631. The van der Waals surface area contributed by atoms with Gasteiger partial charge in [0.1, 0.15) is 6.26 Å². The third-order valence-electron chi connectivity index (χ3n) is 3.70. The monoisotopic (exact) mass is 349 g/mol. The molecule has 0 saturated carbocycles. The van der Waals surface area contributed by atoms with Crippen LogP contribution in [-0.2, 0) is 12.8 Å². The number of nitrogens with zero attached hydrogens (tertiary/aromatic N) is 5. The number of aromatic nitrogens is 5. The topological polar surface area (TPSA) is 69.6 Å². The van der Waals surface area contributed by atoms with E-state index in [1.54, 1.807) is 30.4 Å². The maximum atomic E-state index is 5.57. The molecule has 0 saturated heterocycles. The Morgan fingerprint density at radius 1 is 1.00 bits per heavy atom. The second-order valence-corrected chi connectivity index (χ2v) is 6.34. The van der Waals surface area contributed by atoms with Crippen molar-refractivity contribution in [2.45, 2.75) is 10.9 Å². The molecule has 0 atom stereocenters. The van der Waals surface area contributed by atoms with Gasteiger partial charge in [0.05, 0.1) is 5.69 Å². The van der Waals surface area contributed by atoms with Crippen molar-refractivity contribution in [3.05, 3.63) is 66.8 Å². The first kappa shape index (κ1) is 15.6. The molecule has 0 N–H and O–H groups in total. The van der Waals surface area contributed by atoms with Crippen molar-refractivity contribution in [1.29, 1.82) is 0 Å². The highest BCUT2D eigenvalue weighted by molar-refractivity contribution is 7.98. The van der Waals surface area contributed by atoms with Gasteiger partial charge in [0.2, 0.25) is 5.89 Å². The third kappa shape index (κ3) is 3.32. The summed E-state index contributed by atoms with van der Waals surface area (Å²) in [5.41, 5.74) is 2.83. The van der Waals surface area contributed by atoms with Crippen LogP contribution in [0.3, 0.4) is 0 Å². The van der Waals surface area contributed by atoms with E-state index in [9.17, 15) is 0 Å². The standard InChI is InChI=1S/C18H15N5OS/c1-23-16(13-7-9-19-10-8-13)21-22-18(23)25-12-15-11-24-17(20-15)14-5-3-2-4-6-14/h2-11H,12H2,1H3. The van der Waals surface area contributed by atoms with Gasteiger partial charge < -0.3 is 8.98 Å². The maximum absolute atomic E-state index is 5.57. The molecule has 0 radical (unpaired) electrons. The van der Waals surface area contributed by atoms with Crippen molar-refractivity contribution in [2.75, 3.05) is 0 Å². The molecule has 0 aliphatic carbocycles. The quantitative estimate of drug-likeness (QED) is 0.510. The van der Waals surface area contributed by atoms with Gasteiger partial charge in [-0.2, -0.15) is 0 Å². The van der Waals surface area contributed by atoms with E-state index in [1.807, 2.05) is 54.1 Å². The first-order valence-electron chi connectivity index (χ1n) is 7.73. The molecule has 3 heterocycles. The van der Waals surface area contributed by atoms with E-state index >= 15 is 0 Å². The van der Waals surface area contributed by atoms with Crippen LogP contribution in [0.4, 0.5) is 0 Å². The first-order chi connectivity index (χ1) is 12.3. The Hall–Kier alpha value is -2.93. The number of rotatable bonds is 5. The number of oxazole rings is 1. The summed E-state index contributed by atoms with van der Waals surface area (Å²) in [6.45, 7) is 0. The number of benzene rings is 1. The molecule has 0 fully saturated rings. The van der Waals surface area contributed by atoms with E-state index in [-0.39, 0.29) is 0 Å². The lowest BCUT2D eigenvalue weighted by molar-refractivity contribution is 0.573. The average molecular weight is 349 g/mol. The van der Waals surface area contributed by atoms with E-state index in [2.05, 4.69) is 20.2 Å². The van der Waals surface area contributed by atoms with Crippen molar-refractivity contribution in [1.82, 2.24) is 24.7 Å². The largest absolute Gasteiger partial charge is 0.444 e. The van der Waals surface area contributed by atoms with Gasteiger partial charge in [-0.1, -0.05) is 30.0 Å². The van der Waals surface area contributed by atoms with Crippen LogP contribution >= 0.6 is 11.8 Å². The molecule has 0 bridgehead atoms. The Labute approximate surface area is 149 Å². The molecule has 0 spiro atoms. The molecule has 4 rings (SSSR count). The van der Waals surface area contributed by atoms with Crippen LogP contribution in [0, 0.1) is 0 Å². The van der Waals surface area contributed by atoms with Gasteiger partial charge >= 0.3 is 0 Å². The molecular weight excluding hydrogens is 334 g/mol. The molecule has 25 heavy (non-hydrogen) atoms. The van der Waals surface area contributed by atoms with Crippen LogP contribution in [-0.4, -0.2) is 24.7 Å². The zero-order valence-corrected chi connectivity index (χ0v) is 14.3.